The summed E-state index contributed by atoms with van der Waals surface area (Å²) in [7, 11) is 3.96. The summed E-state index contributed by atoms with van der Waals surface area (Å²) in [6, 6.07) is 8.72. The first-order chi connectivity index (χ1) is 20.1. The van der Waals surface area contributed by atoms with E-state index in [1.165, 1.54) is 4.57 Å². The molecule has 232 valence electrons. The number of rotatable bonds is 13. The second-order valence-electron chi connectivity index (χ2n) is 12.9. The molecule has 0 amide bonds. The fraction of sp³-hybridized carbons (Fsp3) is 0.472. The zero-order chi connectivity index (χ0) is 32.2. The lowest BCUT2D eigenvalue weighted by Gasteiger charge is -2.25. The highest BCUT2D eigenvalue weighted by atomic mass is 19.1. The molecule has 0 spiro atoms. The minimum Gasteiger partial charge on any atom is -0.481 e. The number of carboxylic acids is 1. The fourth-order valence-corrected chi connectivity index (χ4v) is 6.14. The predicted octanol–water partition coefficient (Wildman–Crippen LogP) is 7.11. The predicted molar refractivity (Wildman–Crippen MR) is 172 cm³/mol. The molecule has 0 aliphatic heterocycles. The molecular weight excluding hydrogens is 543 g/mol. The van der Waals surface area contributed by atoms with Gasteiger partial charge in [-0.1, -0.05) is 31.5 Å². The lowest BCUT2D eigenvalue weighted by Crippen LogP contribution is -2.33. The summed E-state index contributed by atoms with van der Waals surface area (Å²) >= 11 is 0. The maximum Gasteiger partial charge on any atom is 0.303 e. The molecule has 1 unspecified atom stereocenters. The summed E-state index contributed by atoms with van der Waals surface area (Å²) in [5.41, 5.74) is 6.87. The van der Waals surface area contributed by atoms with Crippen molar-refractivity contribution in [2.45, 2.75) is 86.1 Å². The van der Waals surface area contributed by atoms with Crippen LogP contribution in [0.1, 0.15) is 84.0 Å². The third-order valence-electron chi connectivity index (χ3n) is 8.09. The van der Waals surface area contributed by atoms with Gasteiger partial charge in [-0.05, 0) is 125 Å². The highest BCUT2D eigenvalue weighted by Crippen LogP contribution is 2.36. The van der Waals surface area contributed by atoms with Crippen LogP contribution in [0.2, 0.25) is 0 Å². The van der Waals surface area contributed by atoms with Gasteiger partial charge in [-0.2, -0.15) is 0 Å². The molecule has 43 heavy (non-hydrogen) atoms. The lowest BCUT2D eigenvalue weighted by molar-refractivity contribution is -0.137. The van der Waals surface area contributed by atoms with E-state index in [2.05, 4.69) is 17.0 Å². The van der Waals surface area contributed by atoms with E-state index in [0.29, 0.717) is 24.0 Å². The summed E-state index contributed by atoms with van der Waals surface area (Å²) in [6.07, 6.45) is 2.31. The van der Waals surface area contributed by atoms with Crippen LogP contribution in [0.4, 0.5) is 4.39 Å². The molecule has 1 heterocycles. The largest absolute Gasteiger partial charge is 0.481 e. The first-order valence-corrected chi connectivity index (χ1v) is 15.1. The van der Waals surface area contributed by atoms with Crippen LogP contribution in [0.5, 0.6) is 0 Å². The van der Waals surface area contributed by atoms with Crippen LogP contribution >= 0.6 is 0 Å². The Morgan fingerprint density at radius 2 is 1.53 bits per heavy atom. The van der Waals surface area contributed by atoms with Crippen molar-refractivity contribution in [1.82, 2.24) is 9.47 Å². The zero-order valence-corrected chi connectivity index (χ0v) is 27.2. The summed E-state index contributed by atoms with van der Waals surface area (Å²) in [5.74, 6) is -2.67. The van der Waals surface area contributed by atoms with Crippen molar-refractivity contribution >= 4 is 11.8 Å². The standard InChI is InChI=1S/C36H47FN2O4/c1-21(2)12-31(39-20-27(10-11-38(8)9)15-26(7)36(39)43)32(40)18-28(19-33(41)42)30-17-29(16-25(6)35(30)37)34-23(4)13-22(3)14-24(34)5/h13-17,20-21,28,31H,10-12,18-19H2,1-9H3,(H,41,42)/t28-,31?/m0/s1. The summed E-state index contributed by atoms with van der Waals surface area (Å²) < 4.78 is 17.3. The number of Topliss-reactive ketones (excluding diaryl/α,β-unsaturated/α-hetero) is 1. The van der Waals surface area contributed by atoms with Crippen molar-refractivity contribution in [3.8, 4) is 11.1 Å². The molecule has 0 aliphatic rings. The van der Waals surface area contributed by atoms with Gasteiger partial charge in [0, 0.05) is 30.6 Å². The van der Waals surface area contributed by atoms with Gasteiger partial charge >= 0.3 is 5.97 Å². The molecule has 3 aromatic rings. The SMILES string of the molecule is Cc1cc(C)c(-c2cc(C)c(F)c([C@H](CC(=O)O)CC(=O)C(CC(C)C)n3cc(CCN(C)C)cc(C)c3=O)c2)c(C)c1. The lowest BCUT2D eigenvalue weighted by atomic mass is 9.83. The summed E-state index contributed by atoms with van der Waals surface area (Å²) in [4.78, 5) is 41.6. The van der Waals surface area contributed by atoms with E-state index >= 15 is 4.39 Å². The molecule has 0 aliphatic carbocycles. The number of aliphatic carboxylic acids is 1. The maximum atomic E-state index is 15.8. The molecule has 2 atom stereocenters. The number of carbonyl (C=O) groups excluding carboxylic acids is 1. The number of carboxylic acid groups (broad SMARTS) is 1. The Morgan fingerprint density at radius 1 is 0.907 bits per heavy atom. The van der Waals surface area contributed by atoms with Gasteiger partial charge in [0.2, 0.25) is 0 Å². The quantitative estimate of drug-likeness (QED) is 0.230. The van der Waals surface area contributed by atoms with Crippen LogP contribution in [0.3, 0.4) is 0 Å². The Labute approximate surface area is 255 Å². The van der Waals surface area contributed by atoms with Crippen LogP contribution in [0.15, 0.2) is 41.3 Å². The molecule has 0 fully saturated rings. The van der Waals surface area contributed by atoms with Gasteiger partial charge in [-0.25, -0.2) is 4.39 Å². The number of carbonyl (C=O) groups is 2. The topological polar surface area (TPSA) is 79.6 Å². The third-order valence-corrected chi connectivity index (χ3v) is 8.09. The number of benzene rings is 2. The number of hydrogen-bond acceptors (Lipinski definition) is 4. The van der Waals surface area contributed by atoms with E-state index < -0.39 is 30.2 Å². The van der Waals surface area contributed by atoms with E-state index in [0.717, 1.165) is 39.9 Å². The van der Waals surface area contributed by atoms with Crippen LogP contribution < -0.4 is 5.56 Å². The summed E-state index contributed by atoms with van der Waals surface area (Å²) in [5, 5.41) is 9.85. The normalized spacial score (nSPS) is 13.0. The second-order valence-corrected chi connectivity index (χ2v) is 12.9. The molecule has 0 saturated carbocycles. The first-order valence-electron chi connectivity index (χ1n) is 15.1. The van der Waals surface area contributed by atoms with E-state index in [1.54, 1.807) is 32.2 Å². The van der Waals surface area contributed by atoms with Crippen LogP contribution in [-0.2, 0) is 16.0 Å². The fourth-order valence-electron chi connectivity index (χ4n) is 6.14. The first kappa shape index (κ1) is 33.9. The van der Waals surface area contributed by atoms with Gasteiger partial charge in [0.25, 0.3) is 5.56 Å². The number of halogens is 1. The highest BCUT2D eigenvalue weighted by Gasteiger charge is 2.30. The Kier molecular flexibility index (Phi) is 11.2. The Hall–Kier alpha value is -3.58. The minimum atomic E-state index is -1.11. The van der Waals surface area contributed by atoms with Crippen molar-refractivity contribution < 1.29 is 19.1 Å². The average Bonchev–Trinajstić information content (AvgIpc) is 2.88. The van der Waals surface area contributed by atoms with Crippen molar-refractivity contribution in [3.63, 3.8) is 0 Å². The smallest absolute Gasteiger partial charge is 0.303 e. The van der Waals surface area contributed by atoms with Gasteiger partial charge in [-0.3, -0.25) is 14.4 Å². The molecule has 6 nitrogen and oxygen atoms in total. The monoisotopic (exact) mass is 590 g/mol. The summed E-state index contributed by atoms with van der Waals surface area (Å²) in [6.45, 7) is 14.2. The number of nitrogens with zero attached hydrogens (tertiary/aromatic N) is 2. The van der Waals surface area contributed by atoms with Gasteiger partial charge < -0.3 is 14.6 Å². The zero-order valence-electron chi connectivity index (χ0n) is 27.2. The molecule has 1 aromatic heterocycles. The van der Waals surface area contributed by atoms with E-state index in [4.69, 9.17) is 0 Å². The molecule has 2 aromatic carbocycles. The van der Waals surface area contributed by atoms with E-state index in [1.807, 2.05) is 54.8 Å². The van der Waals surface area contributed by atoms with Crippen LogP contribution in [0.25, 0.3) is 11.1 Å². The third kappa shape index (κ3) is 8.50. The van der Waals surface area contributed by atoms with Crippen molar-refractivity contribution in [3.05, 3.63) is 91.6 Å². The maximum absolute atomic E-state index is 15.8. The number of likely N-dealkylation sites (N-methyl/N-ethyl adjacent to an activating group) is 1. The molecule has 0 saturated heterocycles. The van der Waals surface area contributed by atoms with E-state index in [9.17, 15) is 19.5 Å². The van der Waals surface area contributed by atoms with Gasteiger partial charge in [-0.15, -0.1) is 0 Å². The van der Waals surface area contributed by atoms with Crippen LogP contribution in [-0.4, -0.2) is 47.0 Å². The second kappa shape index (κ2) is 14.3. The Morgan fingerprint density at radius 3 is 2.09 bits per heavy atom. The van der Waals surface area contributed by atoms with Crippen LogP contribution in [0, 0.1) is 46.4 Å². The number of pyridine rings is 1. The van der Waals surface area contributed by atoms with Gasteiger partial charge in [0.05, 0.1) is 12.5 Å². The Bertz CT molecular complexity index is 1530. The molecule has 7 heteroatoms. The van der Waals surface area contributed by atoms with Crippen molar-refractivity contribution in [2.75, 3.05) is 20.6 Å². The van der Waals surface area contributed by atoms with Crippen molar-refractivity contribution in [1.29, 1.82) is 0 Å². The minimum absolute atomic E-state index is 0.0966. The van der Waals surface area contributed by atoms with E-state index in [-0.39, 0.29) is 29.2 Å². The number of hydrogen-bond donors (Lipinski definition) is 1. The number of aromatic nitrogens is 1. The Balaban J connectivity index is 2.11. The number of ketones is 1. The highest BCUT2D eigenvalue weighted by molar-refractivity contribution is 5.84. The van der Waals surface area contributed by atoms with Crippen molar-refractivity contribution in [2.24, 2.45) is 5.92 Å². The molecule has 3 rings (SSSR count). The van der Waals surface area contributed by atoms with Gasteiger partial charge in [0.1, 0.15) is 5.82 Å². The molecule has 0 radical (unpaired) electrons. The molecular formula is C36H47FN2O4. The average molecular weight is 591 g/mol. The molecule has 0 bridgehead atoms. The van der Waals surface area contributed by atoms with Gasteiger partial charge in [0.15, 0.2) is 5.78 Å². The molecule has 1 N–H and O–H groups in total. The number of aryl methyl sites for hydroxylation is 5.